The summed E-state index contributed by atoms with van der Waals surface area (Å²) in [7, 11) is 1.77. The van der Waals surface area contributed by atoms with Crippen molar-refractivity contribution in [3.05, 3.63) is 34.2 Å². The van der Waals surface area contributed by atoms with Gasteiger partial charge in [0.25, 0.3) is 0 Å². The van der Waals surface area contributed by atoms with Crippen LogP contribution in [0.25, 0.3) is 11.0 Å². The van der Waals surface area contributed by atoms with E-state index in [4.69, 9.17) is 0 Å². The van der Waals surface area contributed by atoms with E-state index >= 15 is 0 Å². The molecule has 1 N–H and O–H groups in total. The molecule has 0 spiro atoms. The topological polar surface area (TPSA) is 73.1 Å². The molecule has 1 aliphatic carbocycles. The van der Waals surface area contributed by atoms with Gasteiger partial charge in [-0.2, -0.15) is 0 Å². The number of imidazole rings is 1. The van der Waals surface area contributed by atoms with Gasteiger partial charge in [-0.1, -0.05) is 25.0 Å². The summed E-state index contributed by atoms with van der Waals surface area (Å²) < 4.78 is 3.22. The number of carbonyl (C=O) groups is 2. The number of para-hydroxylation sites is 1. The monoisotopic (exact) mass is 327 g/mol. The Hall–Kier alpha value is -2.37. The van der Waals surface area contributed by atoms with E-state index < -0.39 is 6.04 Å². The number of carbonyl (C=O) groups excluding carboxylic acids is 2. The fourth-order valence-corrected chi connectivity index (χ4v) is 4.26. The number of aromatic nitrogens is 2. The molecule has 2 amide bonds. The largest absolute Gasteiger partial charge is 0.329 e. The highest BCUT2D eigenvalue weighted by atomic mass is 16.2. The van der Waals surface area contributed by atoms with E-state index in [0.29, 0.717) is 12.3 Å². The number of piperidine rings is 1. The lowest BCUT2D eigenvalue weighted by Gasteiger charge is -2.22. The minimum absolute atomic E-state index is 0.190. The molecule has 1 unspecified atom stereocenters. The number of aryl methyl sites for hydroxylation is 1. The third kappa shape index (κ3) is 2.20. The number of hydrogen-bond acceptors (Lipinski definition) is 3. The van der Waals surface area contributed by atoms with Gasteiger partial charge in [-0.3, -0.25) is 24.0 Å². The molecule has 6 nitrogen and oxygen atoms in total. The number of benzene rings is 1. The van der Waals surface area contributed by atoms with Crippen molar-refractivity contribution in [3.8, 4) is 0 Å². The average molecular weight is 327 g/mol. The Balaban J connectivity index is 1.90. The molecule has 1 saturated heterocycles. The van der Waals surface area contributed by atoms with Crippen LogP contribution in [0.1, 0.15) is 56.0 Å². The molecule has 126 valence electrons. The van der Waals surface area contributed by atoms with Gasteiger partial charge in [-0.25, -0.2) is 4.79 Å². The molecule has 1 aromatic heterocycles. The van der Waals surface area contributed by atoms with Crippen LogP contribution in [0, 0.1) is 0 Å². The third-order valence-electron chi connectivity index (χ3n) is 5.45. The van der Waals surface area contributed by atoms with Gasteiger partial charge in [0, 0.05) is 13.5 Å². The van der Waals surface area contributed by atoms with Gasteiger partial charge in [-0.15, -0.1) is 0 Å². The summed E-state index contributed by atoms with van der Waals surface area (Å²) in [5.74, 6) is -0.166. The van der Waals surface area contributed by atoms with E-state index in [-0.39, 0.29) is 23.9 Å². The van der Waals surface area contributed by atoms with E-state index in [2.05, 4.69) is 11.4 Å². The molecule has 6 heteroatoms. The molecule has 2 aliphatic rings. The molecule has 2 fully saturated rings. The van der Waals surface area contributed by atoms with Crippen LogP contribution in [-0.2, 0) is 16.6 Å². The zero-order valence-corrected chi connectivity index (χ0v) is 13.7. The van der Waals surface area contributed by atoms with Crippen molar-refractivity contribution in [2.75, 3.05) is 0 Å². The maximum Gasteiger partial charge on any atom is 0.329 e. The molecule has 1 saturated carbocycles. The van der Waals surface area contributed by atoms with Crippen LogP contribution in [0.4, 0.5) is 0 Å². The second-order valence-electron chi connectivity index (χ2n) is 6.87. The first-order chi connectivity index (χ1) is 11.6. The van der Waals surface area contributed by atoms with Crippen molar-refractivity contribution < 1.29 is 9.59 Å². The molecule has 0 bridgehead atoms. The summed E-state index contributed by atoms with van der Waals surface area (Å²) >= 11 is 0. The van der Waals surface area contributed by atoms with Gasteiger partial charge in [0.2, 0.25) is 11.8 Å². The summed E-state index contributed by atoms with van der Waals surface area (Å²) in [6, 6.07) is 5.36. The minimum Gasteiger partial charge on any atom is -0.295 e. The quantitative estimate of drug-likeness (QED) is 0.857. The van der Waals surface area contributed by atoms with Gasteiger partial charge >= 0.3 is 5.69 Å². The van der Waals surface area contributed by atoms with Crippen LogP contribution in [0.15, 0.2) is 23.0 Å². The number of fused-ring (bicyclic) bond motifs is 1. The SMILES string of the molecule is Cn1c(=O)n(C2CCC(=O)NC2=O)c2cccc(C3CCCC3)c21. The van der Waals surface area contributed by atoms with Crippen LogP contribution in [0.5, 0.6) is 0 Å². The number of hydrogen-bond donors (Lipinski definition) is 1. The highest BCUT2D eigenvalue weighted by Crippen LogP contribution is 2.37. The molecule has 1 aliphatic heterocycles. The van der Waals surface area contributed by atoms with Crippen LogP contribution in [-0.4, -0.2) is 20.9 Å². The fraction of sp³-hybridized carbons (Fsp3) is 0.500. The normalized spacial score (nSPS) is 22.3. The van der Waals surface area contributed by atoms with Crippen molar-refractivity contribution in [1.82, 2.24) is 14.5 Å². The number of nitrogens with zero attached hydrogens (tertiary/aromatic N) is 2. The van der Waals surface area contributed by atoms with Crippen molar-refractivity contribution in [2.24, 2.45) is 7.05 Å². The molecule has 2 aromatic rings. The summed E-state index contributed by atoms with van der Waals surface area (Å²) in [6.45, 7) is 0. The lowest BCUT2D eigenvalue weighted by Crippen LogP contribution is -2.44. The van der Waals surface area contributed by atoms with E-state index in [1.165, 1.54) is 18.4 Å². The number of rotatable bonds is 2. The zero-order valence-electron chi connectivity index (χ0n) is 13.7. The first kappa shape index (κ1) is 15.2. The Labute approximate surface area is 139 Å². The Morgan fingerprint density at radius 3 is 2.54 bits per heavy atom. The molecule has 1 aromatic carbocycles. The van der Waals surface area contributed by atoms with Gasteiger partial charge in [0.1, 0.15) is 6.04 Å². The van der Waals surface area contributed by atoms with Crippen LogP contribution in [0.2, 0.25) is 0 Å². The molecule has 0 radical (unpaired) electrons. The van der Waals surface area contributed by atoms with E-state index in [0.717, 1.165) is 23.9 Å². The van der Waals surface area contributed by atoms with Crippen molar-refractivity contribution in [1.29, 1.82) is 0 Å². The molecule has 2 heterocycles. The summed E-state index contributed by atoms with van der Waals surface area (Å²) in [5.41, 5.74) is 2.74. The Morgan fingerprint density at radius 1 is 1.08 bits per heavy atom. The van der Waals surface area contributed by atoms with Crippen molar-refractivity contribution in [3.63, 3.8) is 0 Å². The van der Waals surface area contributed by atoms with Gasteiger partial charge in [-0.05, 0) is 36.8 Å². The fourth-order valence-electron chi connectivity index (χ4n) is 4.26. The standard InChI is InChI=1S/C18H21N3O3/c1-20-16-12(11-5-2-3-6-11)7-4-8-13(16)21(18(20)24)14-9-10-15(22)19-17(14)23/h4,7-8,11,14H,2-3,5-6,9-10H2,1H3,(H,19,22,23). The maximum atomic E-state index is 12.8. The lowest BCUT2D eigenvalue weighted by molar-refractivity contribution is -0.135. The van der Waals surface area contributed by atoms with E-state index in [1.807, 2.05) is 12.1 Å². The second-order valence-corrected chi connectivity index (χ2v) is 6.87. The first-order valence-corrected chi connectivity index (χ1v) is 8.61. The van der Waals surface area contributed by atoms with E-state index in [9.17, 15) is 14.4 Å². The van der Waals surface area contributed by atoms with Crippen LogP contribution in [0.3, 0.4) is 0 Å². The zero-order chi connectivity index (χ0) is 16.8. The minimum atomic E-state index is -0.613. The molecule has 24 heavy (non-hydrogen) atoms. The Morgan fingerprint density at radius 2 is 1.83 bits per heavy atom. The summed E-state index contributed by atoms with van der Waals surface area (Å²) in [4.78, 5) is 36.5. The third-order valence-corrected chi connectivity index (χ3v) is 5.45. The Bertz CT molecular complexity index is 887. The smallest absolute Gasteiger partial charge is 0.295 e. The predicted molar refractivity (Wildman–Crippen MR) is 89.8 cm³/mol. The van der Waals surface area contributed by atoms with Crippen molar-refractivity contribution >= 4 is 22.8 Å². The lowest BCUT2D eigenvalue weighted by atomic mass is 9.96. The number of amides is 2. The summed E-state index contributed by atoms with van der Waals surface area (Å²) in [5, 5.41) is 2.35. The highest BCUT2D eigenvalue weighted by Gasteiger charge is 2.32. The first-order valence-electron chi connectivity index (χ1n) is 8.61. The van der Waals surface area contributed by atoms with Crippen LogP contribution < -0.4 is 11.0 Å². The predicted octanol–water partition coefficient (Wildman–Crippen LogP) is 1.98. The number of nitrogens with one attached hydrogen (secondary N) is 1. The average Bonchev–Trinajstić information content (AvgIpc) is 3.17. The molecular formula is C18H21N3O3. The van der Waals surface area contributed by atoms with Gasteiger partial charge in [0.05, 0.1) is 11.0 Å². The molecule has 4 rings (SSSR count). The molecule has 1 atom stereocenters. The van der Waals surface area contributed by atoms with Crippen molar-refractivity contribution in [2.45, 2.75) is 50.5 Å². The highest BCUT2D eigenvalue weighted by molar-refractivity contribution is 6.00. The second kappa shape index (κ2) is 5.61. The maximum absolute atomic E-state index is 12.8. The molecular weight excluding hydrogens is 306 g/mol. The van der Waals surface area contributed by atoms with E-state index in [1.54, 1.807) is 16.2 Å². The number of imide groups is 1. The van der Waals surface area contributed by atoms with Gasteiger partial charge < -0.3 is 0 Å². The Kier molecular flexibility index (Phi) is 3.55. The van der Waals surface area contributed by atoms with Crippen LogP contribution >= 0.6 is 0 Å². The van der Waals surface area contributed by atoms with Gasteiger partial charge in [0.15, 0.2) is 0 Å². The summed E-state index contributed by atoms with van der Waals surface area (Å²) in [6.07, 6.45) is 5.39.